The first-order valence-corrected chi connectivity index (χ1v) is 5.67. The molecule has 14 heavy (non-hydrogen) atoms. The van der Waals surface area contributed by atoms with Gasteiger partial charge in [0.15, 0.2) is 0 Å². The minimum absolute atomic E-state index is 1.16. The second kappa shape index (κ2) is 3.06. The van der Waals surface area contributed by atoms with Crippen molar-refractivity contribution in [1.29, 1.82) is 0 Å². The average Bonchev–Trinajstić information content (AvgIpc) is 2.54. The maximum absolute atomic E-state index is 4.59. The monoisotopic (exact) mass is 205 g/mol. The van der Waals surface area contributed by atoms with Gasteiger partial charge in [0, 0.05) is 0 Å². The first-order chi connectivity index (χ1) is 6.52. The van der Waals surface area contributed by atoms with Crippen LogP contribution >= 0.6 is 11.3 Å². The van der Waals surface area contributed by atoms with Crippen molar-refractivity contribution in [3.63, 3.8) is 0 Å². The first-order valence-electron chi connectivity index (χ1n) is 4.86. The van der Waals surface area contributed by atoms with Crippen molar-refractivity contribution in [2.75, 3.05) is 0 Å². The van der Waals surface area contributed by atoms with E-state index < -0.39 is 0 Å². The Kier molecular flexibility index (Phi) is 2.11. The number of aromatic nitrogens is 1. The van der Waals surface area contributed by atoms with Gasteiger partial charge in [-0.05, 0) is 56.9 Å². The van der Waals surface area contributed by atoms with Gasteiger partial charge in [0.1, 0.15) is 0 Å². The molecule has 0 unspecified atom stereocenters. The lowest BCUT2D eigenvalue weighted by molar-refractivity contribution is 1.23. The van der Waals surface area contributed by atoms with Crippen LogP contribution in [-0.2, 0) is 0 Å². The Labute approximate surface area is 88.8 Å². The number of fused-ring (bicyclic) bond motifs is 1. The largest absolute Gasteiger partial charge is 0.241 e. The maximum atomic E-state index is 4.59. The molecule has 1 nitrogen and oxygen atoms in total. The molecule has 0 radical (unpaired) electrons. The highest BCUT2D eigenvalue weighted by Crippen LogP contribution is 2.32. The third-order valence-electron chi connectivity index (χ3n) is 3.12. The fourth-order valence-electron chi connectivity index (χ4n) is 1.85. The minimum Gasteiger partial charge on any atom is -0.241 e. The van der Waals surface area contributed by atoms with Gasteiger partial charge in [0.05, 0.1) is 15.2 Å². The Morgan fingerprint density at radius 3 is 2.00 bits per heavy atom. The predicted octanol–water partition coefficient (Wildman–Crippen LogP) is 3.84. The number of benzene rings is 1. The molecule has 0 amide bonds. The van der Waals surface area contributed by atoms with Crippen molar-refractivity contribution < 1.29 is 0 Å². The summed E-state index contributed by atoms with van der Waals surface area (Å²) < 4.78 is 1.36. The maximum Gasteiger partial charge on any atom is 0.0907 e. The predicted molar refractivity (Wildman–Crippen MR) is 63.3 cm³/mol. The summed E-state index contributed by atoms with van der Waals surface area (Å²) in [5.74, 6) is 0. The van der Waals surface area contributed by atoms with Gasteiger partial charge in [-0.1, -0.05) is 0 Å². The molecular weight excluding hydrogens is 190 g/mol. The fraction of sp³-hybridized carbons (Fsp3) is 0.417. The van der Waals surface area contributed by atoms with Crippen LogP contribution in [0.15, 0.2) is 0 Å². The molecule has 1 aromatic carbocycles. The summed E-state index contributed by atoms with van der Waals surface area (Å²) in [5.41, 5.74) is 6.74. The molecule has 2 aromatic rings. The zero-order valence-electron chi connectivity index (χ0n) is 9.36. The van der Waals surface area contributed by atoms with Crippen LogP contribution in [0.25, 0.3) is 10.2 Å². The van der Waals surface area contributed by atoms with Gasteiger partial charge in [-0.3, -0.25) is 0 Å². The molecule has 0 saturated carbocycles. The van der Waals surface area contributed by atoms with E-state index in [0.29, 0.717) is 0 Å². The molecule has 0 aliphatic carbocycles. The molecule has 1 heterocycles. The smallest absolute Gasteiger partial charge is 0.0907 e. The molecule has 0 N–H and O–H groups in total. The van der Waals surface area contributed by atoms with Crippen molar-refractivity contribution in [3.05, 3.63) is 27.3 Å². The second-order valence-corrected chi connectivity index (χ2v) is 5.11. The van der Waals surface area contributed by atoms with E-state index in [1.807, 2.05) is 0 Å². The zero-order chi connectivity index (χ0) is 10.5. The molecular formula is C12H15NS. The van der Waals surface area contributed by atoms with E-state index in [9.17, 15) is 0 Å². The van der Waals surface area contributed by atoms with Gasteiger partial charge < -0.3 is 0 Å². The standard InChI is InChI=1S/C12H15NS/c1-6-7(2)9(4)12-11(8(6)3)13-10(5)14-12/h1-5H3. The highest BCUT2D eigenvalue weighted by Gasteiger charge is 2.11. The number of rotatable bonds is 0. The van der Waals surface area contributed by atoms with Crippen LogP contribution in [0, 0.1) is 34.6 Å². The van der Waals surface area contributed by atoms with Crippen molar-refractivity contribution in [2.45, 2.75) is 34.6 Å². The lowest BCUT2D eigenvalue weighted by atomic mass is 9.99. The lowest BCUT2D eigenvalue weighted by Crippen LogP contribution is -1.91. The first kappa shape index (κ1) is 9.66. The summed E-state index contributed by atoms with van der Waals surface area (Å²) in [7, 11) is 0. The van der Waals surface area contributed by atoms with Gasteiger partial charge in [0.25, 0.3) is 0 Å². The van der Waals surface area contributed by atoms with Crippen molar-refractivity contribution in [2.24, 2.45) is 0 Å². The van der Waals surface area contributed by atoms with E-state index in [0.717, 1.165) is 5.01 Å². The van der Waals surface area contributed by atoms with Crippen molar-refractivity contribution >= 4 is 21.6 Å². The van der Waals surface area contributed by atoms with Crippen molar-refractivity contribution in [3.8, 4) is 0 Å². The number of thiazole rings is 1. The zero-order valence-corrected chi connectivity index (χ0v) is 10.2. The second-order valence-electron chi connectivity index (χ2n) is 3.91. The SMILES string of the molecule is Cc1nc2c(C)c(C)c(C)c(C)c2s1. The normalized spacial score (nSPS) is 11.2. The summed E-state index contributed by atoms with van der Waals surface area (Å²) >= 11 is 1.80. The van der Waals surface area contributed by atoms with Crippen LogP contribution in [0.4, 0.5) is 0 Å². The van der Waals surface area contributed by atoms with Crippen LogP contribution in [0.5, 0.6) is 0 Å². The molecule has 74 valence electrons. The van der Waals surface area contributed by atoms with Crippen LogP contribution in [-0.4, -0.2) is 4.98 Å². The van der Waals surface area contributed by atoms with Gasteiger partial charge >= 0.3 is 0 Å². The van der Waals surface area contributed by atoms with Gasteiger partial charge in [-0.25, -0.2) is 4.98 Å². The molecule has 0 aliphatic heterocycles. The summed E-state index contributed by atoms with van der Waals surface area (Å²) in [6.45, 7) is 10.8. The Morgan fingerprint density at radius 1 is 0.786 bits per heavy atom. The molecule has 1 aromatic heterocycles. The minimum atomic E-state index is 1.16. The van der Waals surface area contributed by atoms with E-state index in [1.165, 1.54) is 32.5 Å². The van der Waals surface area contributed by atoms with Crippen LogP contribution in [0.2, 0.25) is 0 Å². The summed E-state index contributed by atoms with van der Waals surface area (Å²) in [5, 5.41) is 1.16. The van der Waals surface area contributed by atoms with Gasteiger partial charge in [-0.15, -0.1) is 11.3 Å². The Morgan fingerprint density at radius 2 is 1.36 bits per heavy atom. The van der Waals surface area contributed by atoms with E-state index >= 15 is 0 Å². The Balaban J connectivity index is 3.01. The van der Waals surface area contributed by atoms with E-state index in [4.69, 9.17) is 0 Å². The van der Waals surface area contributed by atoms with Gasteiger partial charge in [0.2, 0.25) is 0 Å². The molecule has 0 fully saturated rings. The van der Waals surface area contributed by atoms with Crippen LogP contribution in [0.1, 0.15) is 27.3 Å². The average molecular weight is 205 g/mol. The molecule has 0 bridgehead atoms. The van der Waals surface area contributed by atoms with Crippen LogP contribution < -0.4 is 0 Å². The van der Waals surface area contributed by atoms with E-state index in [-0.39, 0.29) is 0 Å². The molecule has 0 atom stereocenters. The summed E-state index contributed by atoms with van der Waals surface area (Å²) in [4.78, 5) is 4.59. The van der Waals surface area contributed by atoms with Gasteiger partial charge in [-0.2, -0.15) is 0 Å². The third-order valence-corrected chi connectivity index (χ3v) is 4.21. The van der Waals surface area contributed by atoms with E-state index in [2.05, 4.69) is 39.6 Å². The topological polar surface area (TPSA) is 12.9 Å². The number of hydrogen-bond acceptors (Lipinski definition) is 2. The third kappa shape index (κ3) is 1.17. The molecule has 0 spiro atoms. The molecule has 2 rings (SSSR count). The van der Waals surface area contributed by atoms with E-state index in [1.54, 1.807) is 11.3 Å². The molecule has 2 heteroatoms. The number of aryl methyl sites for hydroxylation is 3. The highest BCUT2D eigenvalue weighted by atomic mass is 32.1. The highest BCUT2D eigenvalue weighted by molar-refractivity contribution is 7.18. The molecule has 0 aliphatic rings. The quantitative estimate of drug-likeness (QED) is 0.637. The lowest BCUT2D eigenvalue weighted by Gasteiger charge is -2.09. The summed E-state index contributed by atoms with van der Waals surface area (Å²) in [6.07, 6.45) is 0. The number of hydrogen-bond donors (Lipinski definition) is 0. The fourth-order valence-corrected chi connectivity index (χ4v) is 2.88. The molecule has 0 saturated heterocycles. The Bertz CT molecular complexity index is 464. The Hall–Kier alpha value is -0.890. The summed E-state index contributed by atoms with van der Waals surface area (Å²) in [6, 6.07) is 0. The number of nitrogens with zero attached hydrogens (tertiary/aromatic N) is 1. The van der Waals surface area contributed by atoms with Crippen molar-refractivity contribution in [1.82, 2.24) is 4.98 Å². The van der Waals surface area contributed by atoms with Crippen LogP contribution in [0.3, 0.4) is 0 Å².